The third-order valence-electron chi connectivity index (χ3n) is 6.85. The maximum absolute atomic E-state index is 12.6. The number of hydrogen-bond donors (Lipinski definition) is 1. The van der Waals surface area contributed by atoms with Crippen molar-refractivity contribution in [1.29, 1.82) is 0 Å². The first-order valence-corrected chi connectivity index (χ1v) is 12.2. The Bertz CT molecular complexity index is 1220. The van der Waals surface area contributed by atoms with Crippen molar-refractivity contribution in [1.82, 2.24) is 9.99 Å². The number of amides is 1. The van der Waals surface area contributed by atoms with Gasteiger partial charge in [-0.2, -0.15) is 5.10 Å². The van der Waals surface area contributed by atoms with Crippen LogP contribution < -0.4 is 10.3 Å². The van der Waals surface area contributed by atoms with Crippen molar-refractivity contribution in [2.75, 3.05) is 11.4 Å². The minimum atomic E-state index is -0.259. The van der Waals surface area contributed by atoms with Crippen LogP contribution in [0.15, 0.2) is 53.6 Å². The number of nitrogens with zero attached hydrogens (tertiary/aromatic N) is 3. The average molecular weight is 477 g/mol. The molecule has 5 nitrogen and oxygen atoms in total. The molecule has 0 radical (unpaired) electrons. The fourth-order valence-corrected chi connectivity index (χ4v) is 5.49. The number of aromatic nitrogens is 1. The van der Waals surface area contributed by atoms with Crippen LogP contribution in [0.2, 0.25) is 5.02 Å². The number of benzene rings is 2. The smallest absolute Gasteiger partial charge is 0.271 e. The number of nitrogens with one attached hydrogen (secondary N) is 1. The normalized spacial score (nSPS) is 17.1. The predicted molar refractivity (Wildman–Crippen MR) is 142 cm³/mol. The van der Waals surface area contributed by atoms with Crippen molar-refractivity contribution in [2.24, 2.45) is 5.10 Å². The van der Waals surface area contributed by atoms with Gasteiger partial charge < -0.3 is 9.47 Å². The van der Waals surface area contributed by atoms with Gasteiger partial charge >= 0.3 is 0 Å². The molecule has 1 unspecified atom stereocenters. The van der Waals surface area contributed by atoms with E-state index < -0.39 is 0 Å². The number of carbonyl (C=O) groups is 1. The number of fused-ring (bicyclic) bond motifs is 1. The van der Waals surface area contributed by atoms with Crippen LogP contribution >= 0.6 is 11.6 Å². The van der Waals surface area contributed by atoms with Gasteiger partial charge in [0.25, 0.3) is 5.91 Å². The second kappa shape index (κ2) is 9.30. The Morgan fingerprint density at radius 2 is 1.79 bits per heavy atom. The molecule has 34 heavy (non-hydrogen) atoms. The van der Waals surface area contributed by atoms with E-state index in [1.54, 1.807) is 6.21 Å². The second-order valence-electron chi connectivity index (χ2n) is 9.79. The number of rotatable bonds is 5. The van der Waals surface area contributed by atoms with Crippen molar-refractivity contribution in [3.8, 4) is 5.69 Å². The molecular weight excluding hydrogens is 444 g/mol. The van der Waals surface area contributed by atoms with Crippen molar-refractivity contribution in [3.63, 3.8) is 0 Å². The van der Waals surface area contributed by atoms with Gasteiger partial charge in [-0.15, -0.1) is 0 Å². The lowest BCUT2D eigenvalue weighted by Crippen LogP contribution is -2.48. The van der Waals surface area contributed by atoms with Crippen LogP contribution in [0.4, 0.5) is 5.69 Å². The molecule has 0 saturated carbocycles. The number of hydrogen-bond acceptors (Lipinski definition) is 3. The van der Waals surface area contributed by atoms with E-state index in [-0.39, 0.29) is 11.4 Å². The van der Waals surface area contributed by atoms with Gasteiger partial charge in [0.15, 0.2) is 0 Å². The van der Waals surface area contributed by atoms with Gasteiger partial charge in [-0.3, -0.25) is 4.79 Å². The topological polar surface area (TPSA) is 49.6 Å². The van der Waals surface area contributed by atoms with E-state index in [4.69, 9.17) is 11.6 Å². The Balaban J connectivity index is 1.50. The van der Waals surface area contributed by atoms with E-state index in [0.717, 1.165) is 35.6 Å². The molecule has 0 bridgehead atoms. The molecular formula is C28H33ClN4O. The average Bonchev–Trinajstić information content (AvgIpc) is 3.12. The van der Waals surface area contributed by atoms with Crippen LogP contribution in [-0.2, 0) is 0 Å². The number of carbonyl (C=O) groups excluding carboxylic acids is 1. The third kappa shape index (κ3) is 4.49. The fourth-order valence-electron chi connectivity index (χ4n) is 5.28. The highest BCUT2D eigenvalue weighted by atomic mass is 35.5. The summed E-state index contributed by atoms with van der Waals surface area (Å²) in [6, 6.07) is 15.8. The molecule has 0 saturated heterocycles. The Labute approximate surface area is 207 Å². The highest BCUT2D eigenvalue weighted by molar-refractivity contribution is 6.33. The number of halogens is 1. The zero-order valence-electron chi connectivity index (χ0n) is 20.8. The highest BCUT2D eigenvalue weighted by Gasteiger charge is 2.35. The third-order valence-corrected chi connectivity index (χ3v) is 7.18. The lowest BCUT2D eigenvalue weighted by Gasteiger charge is -2.47. The Morgan fingerprint density at radius 3 is 2.41 bits per heavy atom. The van der Waals surface area contributed by atoms with E-state index in [9.17, 15) is 4.79 Å². The summed E-state index contributed by atoms with van der Waals surface area (Å²) < 4.78 is 2.15. The summed E-state index contributed by atoms with van der Waals surface area (Å²) >= 11 is 6.62. The molecule has 4 rings (SSSR count). The lowest BCUT2D eigenvalue weighted by atomic mass is 9.79. The Kier molecular flexibility index (Phi) is 6.59. The minimum absolute atomic E-state index is 0.0857. The summed E-state index contributed by atoms with van der Waals surface area (Å²) in [4.78, 5) is 15.0. The molecule has 3 aromatic rings. The summed E-state index contributed by atoms with van der Waals surface area (Å²) in [5, 5.41) is 4.82. The molecule has 178 valence electrons. The SMILES string of the molecule is CCN1c2cc(Cl)c(/C=N\NC(=O)c3ccc(-n4c(C)ccc4C)cc3)cc2C(C)CC1(C)C. The molecule has 1 aromatic heterocycles. The quantitative estimate of drug-likeness (QED) is 0.332. The van der Waals surface area contributed by atoms with Gasteiger partial charge in [-0.1, -0.05) is 18.5 Å². The molecule has 0 spiro atoms. The molecule has 0 fully saturated rings. The van der Waals surface area contributed by atoms with E-state index in [1.165, 1.54) is 11.3 Å². The van der Waals surface area contributed by atoms with E-state index >= 15 is 0 Å². The van der Waals surface area contributed by atoms with Crippen LogP contribution in [-0.4, -0.2) is 28.8 Å². The van der Waals surface area contributed by atoms with E-state index in [0.29, 0.717) is 16.5 Å². The number of anilines is 1. The highest BCUT2D eigenvalue weighted by Crippen LogP contribution is 2.44. The summed E-state index contributed by atoms with van der Waals surface area (Å²) in [7, 11) is 0. The maximum Gasteiger partial charge on any atom is 0.271 e. The summed E-state index contributed by atoms with van der Waals surface area (Å²) in [5.74, 6) is 0.156. The van der Waals surface area contributed by atoms with Crippen molar-refractivity contribution < 1.29 is 4.79 Å². The van der Waals surface area contributed by atoms with E-state index in [1.807, 2.05) is 30.3 Å². The molecule has 1 aliphatic rings. The van der Waals surface area contributed by atoms with Gasteiger partial charge in [0.2, 0.25) is 0 Å². The zero-order valence-corrected chi connectivity index (χ0v) is 21.6. The number of hydrazone groups is 1. The molecule has 1 amide bonds. The van der Waals surface area contributed by atoms with Gasteiger partial charge in [0, 0.05) is 46.0 Å². The second-order valence-corrected chi connectivity index (χ2v) is 10.2. The standard InChI is InChI=1S/C28H33ClN4O/c1-7-32-26-15-25(29)22(14-24(26)18(2)16-28(32,5)6)17-30-31-27(34)21-10-12-23(13-11-21)33-19(3)8-9-20(33)4/h8-15,17-18H,7,16H2,1-6H3,(H,31,34)/b30-17-. The summed E-state index contributed by atoms with van der Waals surface area (Å²) in [5.41, 5.74) is 9.86. The molecule has 1 N–H and O–H groups in total. The van der Waals surface area contributed by atoms with Crippen molar-refractivity contribution in [3.05, 3.63) is 81.6 Å². The van der Waals surface area contributed by atoms with Crippen LogP contribution in [0.25, 0.3) is 5.69 Å². The first-order valence-electron chi connectivity index (χ1n) is 11.8. The molecule has 1 aliphatic heterocycles. The lowest BCUT2D eigenvalue weighted by molar-refractivity contribution is 0.0955. The first-order chi connectivity index (χ1) is 16.1. The summed E-state index contributed by atoms with van der Waals surface area (Å²) in [6.07, 6.45) is 2.70. The molecule has 0 aliphatic carbocycles. The molecule has 2 heterocycles. The molecule has 2 aromatic carbocycles. The number of aryl methyl sites for hydroxylation is 2. The predicted octanol–water partition coefficient (Wildman–Crippen LogP) is 6.62. The van der Waals surface area contributed by atoms with Crippen molar-refractivity contribution in [2.45, 2.75) is 59.4 Å². The van der Waals surface area contributed by atoms with Gasteiger partial charge in [-0.25, -0.2) is 5.43 Å². The Morgan fingerprint density at radius 1 is 1.15 bits per heavy atom. The van der Waals surface area contributed by atoms with Crippen molar-refractivity contribution >= 4 is 29.4 Å². The van der Waals surface area contributed by atoms with E-state index in [2.05, 4.69) is 79.7 Å². The maximum atomic E-state index is 12.6. The monoisotopic (exact) mass is 476 g/mol. The molecule has 1 atom stereocenters. The Hall–Kier alpha value is -3.05. The zero-order chi connectivity index (χ0) is 24.6. The minimum Gasteiger partial charge on any atom is -0.366 e. The van der Waals surface area contributed by atoms with Crippen LogP contribution in [0, 0.1) is 13.8 Å². The summed E-state index contributed by atoms with van der Waals surface area (Å²) in [6.45, 7) is 14.0. The van der Waals surface area contributed by atoms with Gasteiger partial charge in [0.05, 0.1) is 11.2 Å². The fraction of sp³-hybridized carbons (Fsp3) is 0.357. The van der Waals surface area contributed by atoms with Crippen LogP contribution in [0.5, 0.6) is 0 Å². The largest absolute Gasteiger partial charge is 0.366 e. The van der Waals surface area contributed by atoms with Gasteiger partial charge in [0.1, 0.15) is 0 Å². The van der Waals surface area contributed by atoms with Gasteiger partial charge in [-0.05, 0) is 101 Å². The first kappa shape index (κ1) is 24.1. The molecule has 6 heteroatoms. The van der Waals surface area contributed by atoms with Crippen LogP contribution in [0.3, 0.4) is 0 Å². The van der Waals surface area contributed by atoms with Crippen LogP contribution in [0.1, 0.15) is 72.9 Å².